The second-order valence-corrected chi connectivity index (χ2v) is 5.31. The molecule has 1 atom stereocenters. The highest BCUT2D eigenvalue weighted by Crippen LogP contribution is 2.16. The van der Waals surface area contributed by atoms with Gasteiger partial charge in [-0.25, -0.2) is 0 Å². The van der Waals surface area contributed by atoms with Gasteiger partial charge in [0.15, 0.2) is 0 Å². The fourth-order valence-corrected chi connectivity index (χ4v) is 2.26. The molecule has 1 aromatic carbocycles. The molecule has 2 nitrogen and oxygen atoms in total. The van der Waals surface area contributed by atoms with E-state index in [0.29, 0.717) is 12.1 Å². The van der Waals surface area contributed by atoms with Crippen LogP contribution in [0.1, 0.15) is 12.5 Å². The van der Waals surface area contributed by atoms with E-state index in [2.05, 4.69) is 52.0 Å². The molecule has 2 N–H and O–H groups in total. The van der Waals surface area contributed by atoms with E-state index in [0.717, 1.165) is 24.0 Å². The molecular formula is C12H17BrN2. The second kappa shape index (κ2) is 4.64. The topological polar surface area (TPSA) is 29.3 Å². The van der Waals surface area contributed by atoms with Crippen molar-refractivity contribution in [3.8, 4) is 0 Å². The molecule has 82 valence electrons. The van der Waals surface area contributed by atoms with Crippen LogP contribution in [0.2, 0.25) is 0 Å². The van der Waals surface area contributed by atoms with E-state index < -0.39 is 0 Å². The Morgan fingerprint density at radius 2 is 2.00 bits per heavy atom. The summed E-state index contributed by atoms with van der Waals surface area (Å²) in [5, 5.41) is 0. The van der Waals surface area contributed by atoms with Crippen molar-refractivity contribution in [1.82, 2.24) is 4.90 Å². The minimum atomic E-state index is 0.400. The predicted molar refractivity (Wildman–Crippen MR) is 66.9 cm³/mol. The first kappa shape index (κ1) is 11.1. The third-order valence-corrected chi connectivity index (χ3v) is 3.53. The average Bonchev–Trinajstić information content (AvgIpc) is 2.17. The number of benzene rings is 1. The molecule has 3 heteroatoms. The summed E-state index contributed by atoms with van der Waals surface area (Å²) >= 11 is 3.45. The van der Waals surface area contributed by atoms with Crippen LogP contribution in [-0.4, -0.2) is 30.1 Å². The molecule has 1 aliphatic heterocycles. The Balaban J connectivity index is 1.88. The van der Waals surface area contributed by atoms with Crippen LogP contribution in [0.15, 0.2) is 28.7 Å². The van der Waals surface area contributed by atoms with Gasteiger partial charge in [0.1, 0.15) is 0 Å². The maximum atomic E-state index is 5.77. The number of rotatable bonds is 3. The zero-order chi connectivity index (χ0) is 10.8. The van der Waals surface area contributed by atoms with E-state index in [9.17, 15) is 0 Å². The normalized spacial score (nSPS) is 19.9. The summed E-state index contributed by atoms with van der Waals surface area (Å²) in [6.07, 6.45) is 1.11. The van der Waals surface area contributed by atoms with E-state index in [1.54, 1.807) is 0 Å². The molecule has 1 saturated heterocycles. The van der Waals surface area contributed by atoms with E-state index in [-0.39, 0.29) is 0 Å². The molecule has 2 rings (SSSR count). The largest absolute Gasteiger partial charge is 0.325 e. The van der Waals surface area contributed by atoms with Gasteiger partial charge in [0, 0.05) is 29.6 Å². The number of likely N-dealkylation sites (tertiary alicyclic amines) is 1. The van der Waals surface area contributed by atoms with Crippen LogP contribution in [0, 0.1) is 0 Å². The lowest BCUT2D eigenvalue weighted by Crippen LogP contribution is -2.59. The molecule has 0 saturated carbocycles. The Morgan fingerprint density at radius 3 is 2.53 bits per heavy atom. The van der Waals surface area contributed by atoms with Crippen molar-refractivity contribution >= 4 is 15.9 Å². The summed E-state index contributed by atoms with van der Waals surface area (Å²) in [5.41, 5.74) is 7.17. The lowest BCUT2D eigenvalue weighted by atomic mass is 10.0. The van der Waals surface area contributed by atoms with Gasteiger partial charge in [-0.3, -0.25) is 4.90 Å². The molecule has 15 heavy (non-hydrogen) atoms. The summed E-state index contributed by atoms with van der Waals surface area (Å²) in [6, 6.07) is 9.57. The lowest BCUT2D eigenvalue weighted by molar-refractivity contribution is 0.103. The van der Waals surface area contributed by atoms with E-state index >= 15 is 0 Å². The molecular weight excluding hydrogens is 252 g/mol. The number of hydrogen-bond donors (Lipinski definition) is 1. The lowest BCUT2D eigenvalue weighted by Gasteiger charge is -2.41. The van der Waals surface area contributed by atoms with Crippen molar-refractivity contribution in [2.75, 3.05) is 13.1 Å². The molecule has 0 radical (unpaired) electrons. The molecule has 1 aliphatic rings. The molecule has 1 aromatic rings. The Kier molecular flexibility index (Phi) is 3.44. The SMILES string of the molecule is CC(Cc1ccc(Br)cc1)N1CC(N)C1. The molecule has 0 amide bonds. The minimum Gasteiger partial charge on any atom is -0.325 e. The van der Waals surface area contributed by atoms with Crippen molar-refractivity contribution in [3.05, 3.63) is 34.3 Å². The van der Waals surface area contributed by atoms with Gasteiger partial charge < -0.3 is 5.73 Å². The quantitative estimate of drug-likeness (QED) is 0.909. The number of nitrogens with two attached hydrogens (primary N) is 1. The van der Waals surface area contributed by atoms with Crippen molar-refractivity contribution in [2.24, 2.45) is 5.73 Å². The summed E-state index contributed by atoms with van der Waals surface area (Å²) in [5.74, 6) is 0. The molecule has 0 aromatic heterocycles. The van der Waals surface area contributed by atoms with Gasteiger partial charge in [0.05, 0.1) is 0 Å². The van der Waals surface area contributed by atoms with Gasteiger partial charge in [-0.05, 0) is 31.0 Å². The molecule has 0 aliphatic carbocycles. The maximum Gasteiger partial charge on any atom is 0.0297 e. The predicted octanol–water partition coefficient (Wildman–Crippen LogP) is 2.02. The van der Waals surface area contributed by atoms with Crippen LogP contribution < -0.4 is 5.73 Å². The van der Waals surface area contributed by atoms with Gasteiger partial charge in [0.25, 0.3) is 0 Å². The fraction of sp³-hybridized carbons (Fsp3) is 0.500. The fourth-order valence-electron chi connectivity index (χ4n) is 2.00. The summed E-state index contributed by atoms with van der Waals surface area (Å²) in [4.78, 5) is 2.44. The van der Waals surface area contributed by atoms with E-state index in [4.69, 9.17) is 5.73 Å². The highest BCUT2D eigenvalue weighted by Gasteiger charge is 2.26. The molecule has 0 bridgehead atoms. The van der Waals surface area contributed by atoms with E-state index in [1.165, 1.54) is 5.56 Å². The van der Waals surface area contributed by atoms with Crippen molar-refractivity contribution in [3.63, 3.8) is 0 Å². The number of halogens is 1. The van der Waals surface area contributed by atoms with Gasteiger partial charge in [-0.1, -0.05) is 28.1 Å². The summed E-state index contributed by atoms with van der Waals surface area (Å²) < 4.78 is 1.14. The summed E-state index contributed by atoms with van der Waals surface area (Å²) in [7, 11) is 0. The van der Waals surface area contributed by atoms with Gasteiger partial charge in [-0.15, -0.1) is 0 Å². The standard InChI is InChI=1S/C12H17BrN2/c1-9(15-7-12(14)8-15)6-10-2-4-11(13)5-3-10/h2-5,9,12H,6-8,14H2,1H3. The number of nitrogens with zero attached hydrogens (tertiary/aromatic N) is 1. The van der Waals surface area contributed by atoms with E-state index in [1.807, 2.05) is 0 Å². The van der Waals surface area contributed by atoms with Crippen LogP contribution in [0.5, 0.6) is 0 Å². The first-order valence-corrected chi connectivity index (χ1v) is 6.18. The van der Waals surface area contributed by atoms with Crippen LogP contribution in [0.25, 0.3) is 0 Å². The highest BCUT2D eigenvalue weighted by atomic mass is 79.9. The second-order valence-electron chi connectivity index (χ2n) is 4.39. The first-order valence-electron chi connectivity index (χ1n) is 5.39. The third kappa shape index (κ3) is 2.80. The van der Waals surface area contributed by atoms with Crippen LogP contribution in [0.3, 0.4) is 0 Å². The third-order valence-electron chi connectivity index (χ3n) is 3.01. The first-order chi connectivity index (χ1) is 7.15. The van der Waals surface area contributed by atoms with Crippen molar-refractivity contribution < 1.29 is 0 Å². The zero-order valence-corrected chi connectivity index (χ0v) is 10.6. The minimum absolute atomic E-state index is 0.400. The molecule has 0 spiro atoms. The van der Waals surface area contributed by atoms with Crippen LogP contribution in [-0.2, 0) is 6.42 Å². The van der Waals surface area contributed by atoms with Gasteiger partial charge >= 0.3 is 0 Å². The smallest absolute Gasteiger partial charge is 0.0297 e. The highest BCUT2D eigenvalue weighted by molar-refractivity contribution is 9.10. The molecule has 1 fully saturated rings. The Bertz CT molecular complexity index is 317. The average molecular weight is 269 g/mol. The Labute approximate surface area is 99.6 Å². The zero-order valence-electron chi connectivity index (χ0n) is 8.99. The van der Waals surface area contributed by atoms with Crippen molar-refractivity contribution in [1.29, 1.82) is 0 Å². The summed E-state index contributed by atoms with van der Waals surface area (Å²) in [6.45, 7) is 4.38. The monoisotopic (exact) mass is 268 g/mol. The molecule has 1 heterocycles. The maximum absolute atomic E-state index is 5.77. The van der Waals surface area contributed by atoms with Crippen LogP contribution >= 0.6 is 15.9 Å². The molecule has 1 unspecified atom stereocenters. The number of hydrogen-bond acceptors (Lipinski definition) is 2. The van der Waals surface area contributed by atoms with Gasteiger partial charge in [0.2, 0.25) is 0 Å². The van der Waals surface area contributed by atoms with Crippen LogP contribution in [0.4, 0.5) is 0 Å². The Morgan fingerprint density at radius 1 is 1.40 bits per heavy atom. The van der Waals surface area contributed by atoms with Crippen molar-refractivity contribution in [2.45, 2.75) is 25.4 Å². The Hall–Kier alpha value is -0.380. The van der Waals surface area contributed by atoms with Gasteiger partial charge in [-0.2, -0.15) is 0 Å².